The van der Waals surface area contributed by atoms with Gasteiger partial charge >= 0.3 is 5.97 Å². The number of esters is 1. The predicted molar refractivity (Wildman–Crippen MR) is 85.4 cm³/mol. The number of ether oxygens (including phenoxy) is 2. The first-order valence-electron chi connectivity index (χ1n) is 7.22. The minimum Gasteiger partial charge on any atom is -0.497 e. The molecule has 22 heavy (non-hydrogen) atoms. The maximum Gasteiger partial charge on any atom is 0.339 e. The lowest BCUT2D eigenvalue weighted by Gasteiger charge is -2.08. The molecule has 0 aliphatic heterocycles. The van der Waals surface area contributed by atoms with Crippen LogP contribution in [0.25, 0.3) is 0 Å². The second-order valence-electron chi connectivity index (χ2n) is 4.71. The van der Waals surface area contributed by atoms with Gasteiger partial charge in [-0.3, -0.25) is 4.98 Å². The van der Waals surface area contributed by atoms with Gasteiger partial charge in [0.25, 0.3) is 0 Å². The molecular weight excluding hydrogens is 280 g/mol. The fourth-order valence-electron chi connectivity index (χ4n) is 2.01. The monoisotopic (exact) mass is 300 g/mol. The first kappa shape index (κ1) is 15.8. The van der Waals surface area contributed by atoms with Gasteiger partial charge in [-0.1, -0.05) is 12.1 Å². The molecule has 1 aromatic carbocycles. The Bertz CT molecular complexity index is 612. The molecule has 0 saturated carbocycles. The van der Waals surface area contributed by atoms with Crippen molar-refractivity contribution >= 4 is 11.7 Å². The van der Waals surface area contributed by atoms with Gasteiger partial charge in [0.05, 0.1) is 25.0 Å². The van der Waals surface area contributed by atoms with Crippen molar-refractivity contribution in [1.82, 2.24) is 4.98 Å². The number of aromatic nitrogens is 1. The minimum absolute atomic E-state index is 0.353. The number of anilines is 1. The summed E-state index contributed by atoms with van der Waals surface area (Å²) < 4.78 is 10.1. The minimum atomic E-state index is -0.353. The van der Waals surface area contributed by atoms with Crippen molar-refractivity contribution in [2.75, 3.05) is 25.6 Å². The summed E-state index contributed by atoms with van der Waals surface area (Å²) in [7, 11) is 1.65. The fourth-order valence-corrected chi connectivity index (χ4v) is 2.01. The molecule has 5 heteroatoms. The third-order valence-corrected chi connectivity index (χ3v) is 3.15. The molecule has 0 bridgehead atoms. The average Bonchev–Trinajstić information content (AvgIpc) is 2.56. The number of hydrogen-bond acceptors (Lipinski definition) is 5. The zero-order valence-electron chi connectivity index (χ0n) is 12.8. The zero-order valence-corrected chi connectivity index (χ0v) is 12.8. The second kappa shape index (κ2) is 8.02. The van der Waals surface area contributed by atoms with Gasteiger partial charge in [0.1, 0.15) is 5.75 Å². The number of carbonyl (C=O) groups is 1. The van der Waals surface area contributed by atoms with Crippen LogP contribution >= 0.6 is 0 Å². The van der Waals surface area contributed by atoms with Crippen LogP contribution in [0.4, 0.5) is 5.69 Å². The van der Waals surface area contributed by atoms with Crippen molar-refractivity contribution in [2.24, 2.45) is 0 Å². The molecule has 116 valence electrons. The van der Waals surface area contributed by atoms with E-state index in [1.807, 2.05) is 24.3 Å². The van der Waals surface area contributed by atoms with Crippen LogP contribution < -0.4 is 10.1 Å². The molecule has 1 aromatic heterocycles. The van der Waals surface area contributed by atoms with Crippen LogP contribution in [0.15, 0.2) is 42.7 Å². The highest BCUT2D eigenvalue weighted by Crippen LogP contribution is 2.13. The van der Waals surface area contributed by atoms with E-state index in [4.69, 9.17) is 9.47 Å². The van der Waals surface area contributed by atoms with Crippen LogP contribution in [-0.4, -0.2) is 31.2 Å². The molecule has 2 aromatic rings. The number of methoxy groups -OCH3 is 1. The molecule has 0 unspecified atom stereocenters. The van der Waals surface area contributed by atoms with Crippen LogP contribution in [0.2, 0.25) is 0 Å². The van der Waals surface area contributed by atoms with E-state index in [1.54, 1.807) is 26.3 Å². The van der Waals surface area contributed by atoms with E-state index in [0.29, 0.717) is 12.2 Å². The van der Waals surface area contributed by atoms with E-state index in [1.165, 1.54) is 11.8 Å². The lowest BCUT2D eigenvalue weighted by molar-refractivity contribution is 0.0526. The molecule has 0 spiro atoms. The Morgan fingerprint density at radius 3 is 2.68 bits per heavy atom. The molecule has 0 amide bonds. The standard InChI is InChI=1S/C17H20N2O3/c1-3-22-17(20)14-10-15(12-18-11-14)19-9-8-13-4-6-16(21-2)7-5-13/h4-7,10-12,19H,3,8-9H2,1-2H3. The number of nitrogens with zero attached hydrogens (tertiary/aromatic N) is 1. The molecule has 0 atom stereocenters. The molecule has 1 N–H and O–H groups in total. The van der Waals surface area contributed by atoms with E-state index in [-0.39, 0.29) is 5.97 Å². The topological polar surface area (TPSA) is 60.5 Å². The van der Waals surface area contributed by atoms with Gasteiger partial charge in [0.15, 0.2) is 0 Å². The Morgan fingerprint density at radius 1 is 1.23 bits per heavy atom. The lowest BCUT2D eigenvalue weighted by Crippen LogP contribution is -2.08. The first-order valence-corrected chi connectivity index (χ1v) is 7.22. The molecule has 0 saturated heterocycles. The maximum absolute atomic E-state index is 11.7. The van der Waals surface area contributed by atoms with Crippen molar-refractivity contribution in [3.8, 4) is 5.75 Å². The SMILES string of the molecule is CCOC(=O)c1cncc(NCCc2ccc(OC)cc2)c1. The van der Waals surface area contributed by atoms with Crippen LogP contribution in [0, 0.1) is 0 Å². The van der Waals surface area contributed by atoms with Gasteiger partial charge in [-0.25, -0.2) is 4.79 Å². The summed E-state index contributed by atoms with van der Waals surface area (Å²) in [5, 5.41) is 3.26. The summed E-state index contributed by atoms with van der Waals surface area (Å²) in [6, 6.07) is 9.71. The Labute approximate surface area is 130 Å². The van der Waals surface area contributed by atoms with Gasteiger partial charge in [-0.2, -0.15) is 0 Å². The van der Waals surface area contributed by atoms with Crippen LogP contribution in [-0.2, 0) is 11.2 Å². The lowest BCUT2D eigenvalue weighted by atomic mass is 10.1. The third-order valence-electron chi connectivity index (χ3n) is 3.15. The summed E-state index contributed by atoms with van der Waals surface area (Å²) >= 11 is 0. The van der Waals surface area contributed by atoms with E-state index >= 15 is 0 Å². The van der Waals surface area contributed by atoms with Crippen LogP contribution in [0.5, 0.6) is 5.75 Å². The Hall–Kier alpha value is -2.56. The number of pyridine rings is 1. The number of rotatable bonds is 7. The third kappa shape index (κ3) is 4.48. The highest BCUT2D eigenvalue weighted by atomic mass is 16.5. The predicted octanol–water partition coefficient (Wildman–Crippen LogP) is 2.92. The smallest absolute Gasteiger partial charge is 0.339 e. The molecule has 0 radical (unpaired) electrons. The van der Waals surface area contributed by atoms with Crippen LogP contribution in [0.1, 0.15) is 22.8 Å². The summed E-state index contributed by atoms with van der Waals surface area (Å²) in [4.78, 5) is 15.7. The highest BCUT2D eigenvalue weighted by molar-refractivity contribution is 5.90. The Kier molecular flexibility index (Phi) is 5.77. The van der Waals surface area contributed by atoms with Gasteiger partial charge < -0.3 is 14.8 Å². The maximum atomic E-state index is 11.7. The van der Waals surface area contributed by atoms with E-state index < -0.39 is 0 Å². The summed E-state index contributed by atoms with van der Waals surface area (Å²) in [5.41, 5.74) is 2.47. The van der Waals surface area contributed by atoms with Crippen LogP contribution in [0.3, 0.4) is 0 Å². The Morgan fingerprint density at radius 2 is 2.00 bits per heavy atom. The van der Waals surface area contributed by atoms with Crippen molar-refractivity contribution in [2.45, 2.75) is 13.3 Å². The van der Waals surface area contributed by atoms with E-state index in [0.717, 1.165) is 24.4 Å². The molecular formula is C17H20N2O3. The molecule has 0 aliphatic carbocycles. The molecule has 0 aliphatic rings. The van der Waals surface area contributed by atoms with Gasteiger partial charge in [-0.05, 0) is 37.1 Å². The van der Waals surface area contributed by atoms with Gasteiger partial charge in [-0.15, -0.1) is 0 Å². The number of benzene rings is 1. The van der Waals surface area contributed by atoms with E-state index in [9.17, 15) is 4.79 Å². The van der Waals surface area contributed by atoms with E-state index in [2.05, 4.69) is 10.3 Å². The molecule has 2 rings (SSSR count). The van der Waals surface area contributed by atoms with Crippen molar-refractivity contribution < 1.29 is 14.3 Å². The molecule has 0 fully saturated rings. The summed E-state index contributed by atoms with van der Waals surface area (Å²) in [5.74, 6) is 0.497. The van der Waals surface area contributed by atoms with Crippen molar-refractivity contribution in [1.29, 1.82) is 0 Å². The first-order chi connectivity index (χ1) is 10.7. The second-order valence-corrected chi connectivity index (χ2v) is 4.71. The largest absolute Gasteiger partial charge is 0.497 e. The molecule has 1 heterocycles. The highest BCUT2D eigenvalue weighted by Gasteiger charge is 2.07. The number of nitrogens with one attached hydrogen (secondary N) is 1. The van der Waals surface area contributed by atoms with Gasteiger partial charge in [0, 0.05) is 18.9 Å². The fraction of sp³-hybridized carbons (Fsp3) is 0.294. The summed E-state index contributed by atoms with van der Waals surface area (Å²) in [6.45, 7) is 2.89. The summed E-state index contributed by atoms with van der Waals surface area (Å²) in [6.07, 6.45) is 4.07. The Balaban J connectivity index is 1.88. The average molecular weight is 300 g/mol. The molecule has 5 nitrogen and oxygen atoms in total. The quantitative estimate of drug-likeness (QED) is 0.797. The normalized spacial score (nSPS) is 10.1. The van der Waals surface area contributed by atoms with Crippen molar-refractivity contribution in [3.05, 3.63) is 53.9 Å². The number of hydrogen-bond donors (Lipinski definition) is 1. The van der Waals surface area contributed by atoms with Gasteiger partial charge in [0.2, 0.25) is 0 Å². The van der Waals surface area contributed by atoms with Crippen molar-refractivity contribution in [3.63, 3.8) is 0 Å². The number of carbonyl (C=O) groups excluding carboxylic acids is 1. The zero-order chi connectivity index (χ0) is 15.8.